The van der Waals surface area contributed by atoms with E-state index < -0.39 is 17.6 Å². The maximum absolute atomic E-state index is 12.8. The van der Waals surface area contributed by atoms with E-state index in [0.717, 1.165) is 17.7 Å². The maximum Gasteiger partial charge on any atom is 0.416 e. The fourth-order valence-electron chi connectivity index (χ4n) is 2.38. The third kappa shape index (κ3) is 3.88. The Morgan fingerprint density at radius 3 is 2.65 bits per heavy atom. The van der Waals surface area contributed by atoms with E-state index in [1.165, 1.54) is 35.1 Å². The molecule has 0 saturated carbocycles. The summed E-state index contributed by atoms with van der Waals surface area (Å²) in [6, 6.07) is 11.2. The van der Waals surface area contributed by atoms with Crippen molar-refractivity contribution in [3.8, 4) is 5.69 Å². The maximum atomic E-state index is 12.8. The van der Waals surface area contributed by atoms with E-state index in [4.69, 9.17) is 11.6 Å². The molecule has 26 heavy (non-hydrogen) atoms. The summed E-state index contributed by atoms with van der Waals surface area (Å²) in [5, 5.41) is 7.14. The highest BCUT2D eigenvalue weighted by Crippen LogP contribution is 2.30. The van der Waals surface area contributed by atoms with Crippen molar-refractivity contribution >= 4 is 23.3 Å². The molecule has 3 aromatic rings. The summed E-state index contributed by atoms with van der Waals surface area (Å²) in [6.07, 6.45) is -2.97. The lowest BCUT2D eigenvalue weighted by Gasteiger charge is -2.09. The quantitative estimate of drug-likeness (QED) is 0.687. The van der Waals surface area contributed by atoms with E-state index >= 15 is 0 Å². The number of anilines is 1. The van der Waals surface area contributed by atoms with Crippen LogP contribution in [0.2, 0.25) is 5.02 Å². The van der Waals surface area contributed by atoms with Gasteiger partial charge in [-0.25, -0.2) is 4.68 Å². The summed E-state index contributed by atoms with van der Waals surface area (Å²) in [6.45, 7) is 1.77. The molecule has 1 aromatic heterocycles. The zero-order chi connectivity index (χ0) is 18.9. The molecule has 0 fully saturated rings. The Morgan fingerprint density at radius 2 is 1.92 bits per heavy atom. The normalized spacial score (nSPS) is 11.4. The summed E-state index contributed by atoms with van der Waals surface area (Å²) in [5.74, 6) is -0.189. The highest BCUT2D eigenvalue weighted by atomic mass is 35.5. The lowest BCUT2D eigenvalue weighted by molar-refractivity contribution is -0.137. The van der Waals surface area contributed by atoms with Crippen molar-refractivity contribution in [1.29, 1.82) is 0 Å². The van der Waals surface area contributed by atoms with Crippen LogP contribution in [-0.4, -0.2) is 15.7 Å². The second-order valence-electron chi connectivity index (χ2n) is 5.61. The molecule has 1 amide bonds. The first-order chi connectivity index (χ1) is 12.2. The number of rotatable bonds is 3. The van der Waals surface area contributed by atoms with Crippen LogP contribution in [0.1, 0.15) is 21.5 Å². The topological polar surface area (TPSA) is 46.9 Å². The molecule has 0 spiro atoms. The van der Waals surface area contributed by atoms with Gasteiger partial charge in [0.25, 0.3) is 5.91 Å². The van der Waals surface area contributed by atoms with Crippen LogP contribution in [0.25, 0.3) is 5.69 Å². The van der Waals surface area contributed by atoms with Crippen molar-refractivity contribution < 1.29 is 18.0 Å². The van der Waals surface area contributed by atoms with E-state index in [2.05, 4.69) is 10.4 Å². The average molecular weight is 380 g/mol. The number of aryl methyl sites for hydroxylation is 1. The number of amides is 1. The van der Waals surface area contributed by atoms with E-state index in [9.17, 15) is 18.0 Å². The highest BCUT2D eigenvalue weighted by molar-refractivity contribution is 6.31. The predicted molar refractivity (Wildman–Crippen MR) is 92.7 cm³/mol. The summed E-state index contributed by atoms with van der Waals surface area (Å²) in [4.78, 5) is 12.4. The largest absolute Gasteiger partial charge is 0.416 e. The third-order valence-electron chi connectivity index (χ3n) is 3.71. The number of alkyl halides is 3. The first-order valence-corrected chi connectivity index (χ1v) is 7.92. The Balaban J connectivity index is 1.82. The molecule has 3 rings (SSSR count). The van der Waals surface area contributed by atoms with Crippen LogP contribution in [0.15, 0.2) is 54.7 Å². The minimum absolute atomic E-state index is 0.215. The highest BCUT2D eigenvalue weighted by Gasteiger charge is 2.30. The second-order valence-corrected chi connectivity index (χ2v) is 6.04. The number of hydrogen-bond acceptors (Lipinski definition) is 2. The van der Waals surface area contributed by atoms with Gasteiger partial charge in [-0.3, -0.25) is 4.79 Å². The summed E-state index contributed by atoms with van der Waals surface area (Å²) in [5.41, 5.74) is 0.597. The van der Waals surface area contributed by atoms with Crippen LogP contribution >= 0.6 is 11.6 Å². The fourth-order valence-corrected chi connectivity index (χ4v) is 2.55. The molecular formula is C18H13ClF3N3O. The number of hydrogen-bond donors (Lipinski definition) is 1. The van der Waals surface area contributed by atoms with Crippen molar-refractivity contribution in [2.75, 3.05) is 5.32 Å². The standard InChI is InChI=1S/C18H13ClF3N3O/c1-11-5-6-13(19)10-15(11)17(26)23-16-7-8-25(24-16)14-4-2-3-12(9-14)18(20,21)22/h2-10H,1H3,(H,23,24,26). The zero-order valence-electron chi connectivity index (χ0n) is 13.5. The lowest BCUT2D eigenvalue weighted by Crippen LogP contribution is -2.14. The van der Waals surface area contributed by atoms with Crippen LogP contribution in [0, 0.1) is 6.92 Å². The smallest absolute Gasteiger partial charge is 0.305 e. The van der Waals surface area contributed by atoms with Crippen LogP contribution in [0.5, 0.6) is 0 Å². The first kappa shape index (κ1) is 18.0. The van der Waals surface area contributed by atoms with Crippen LogP contribution in [0.3, 0.4) is 0 Å². The molecule has 0 bridgehead atoms. The molecule has 0 atom stereocenters. The molecule has 0 saturated heterocycles. The Bertz CT molecular complexity index is 966. The van der Waals surface area contributed by atoms with Gasteiger partial charge >= 0.3 is 6.18 Å². The number of carbonyl (C=O) groups excluding carboxylic acids is 1. The second kappa shape index (κ2) is 6.84. The molecule has 134 valence electrons. The van der Waals surface area contributed by atoms with Crippen molar-refractivity contribution in [2.24, 2.45) is 0 Å². The van der Waals surface area contributed by atoms with E-state index in [-0.39, 0.29) is 11.5 Å². The van der Waals surface area contributed by atoms with E-state index in [1.54, 1.807) is 19.1 Å². The number of carbonyl (C=O) groups is 1. The van der Waals surface area contributed by atoms with Gasteiger partial charge in [0, 0.05) is 22.8 Å². The van der Waals surface area contributed by atoms with Gasteiger partial charge in [-0.05, 0) is 42.8 Å². The fraction of sp³-hybridized carbons (Fsp3) is 0.111. The zero-order valence-corrected chi connectivity index (χ0v) is 14.3. The van der Waals surface area contributed by atoms with Crippen molar-refractivity contribution in [2.45, 2.75) is 13.1 Å². The Labute approximate surface area is 152 Å². The van der Waals surface area contributed by atoms with Gasteiger partial charge in [0.05, 0.1) is 11.3 Å². The molecule has 0 aliphatic carbocycles. The molecule has 0 aliphatic heterocycles. The van der Waals surface area contributed by atoms with Gasteiger partial charge in [-0.2, -0.15) is 18.3 Å². The number of nitrogens with one attached hydrogen (secondary N) is 1. The molecule has 4 nitrogen and oxygen atoms in total. The van der Waals surface area contributed by atoms with Crippen molar-refractivity contribution in [3.63, 3.8) is 0 Å². The molecule has 1 heterocycles. The van der Waals surface area contributed by atoms with Gasteiger partial charge in [0.2, 0.25) is 0 Å². The third-order valence-corrected chi connectivity index (χ3v) is 3.95. The summed E-state index contributed by atoms with van der Waals surface area (Å²) >= 11 is 5.91. The first-order valence-electron chi connectivity index (χ1n) is 7.55. The number of benzene rings is 2. The van der Waals surface area contributed by atoms with Crippen molar-refractivity contribution in [1.82, 2.24) is 9.78 Å². The van der Waals surface area contributed by atoms with Gasteiger partial charge in [0.1, 0.15) is 0 Å². The Morgan fingerprint density at radius 1 is 1.15 bits per heavy atom. The Hall–Kier alpha value is -2.80. The SMILES string of the molecule is Cc1ccc(Cl)cc1C(=O)Nc1ccn(-c2cccc(C(F)(F)F)c2)n1. The number of halogens is 4. The van der Waals surface area contributed by atoms with Gasteiger partial charge in [-0.1, -0.05) is 23.7 Å². The lowest BCUT2D eigenvalue weighted by atomic mass is 10.1. The molecule has 8 heteroatoms. The minimum atomic E-state index is -4.44. The van der Waals surface area contributed by atoms with Gasteiger partial charge in [-0.15, -0.1) is 0 Å². The van der Waals surface area contributed by atoms with Crippen LogP contribution in [0.4, 0.5) is 19.0 Å². The minimum Gasteiger partial charge on any atom is -0.305 e. The van der Waals surface area contributed by atoms with Crippen LogP contribution < -0.4 is 5.32 Å². The predicted octanol–water partition coefficient (Wildman–Crippen LogP) is 5.11. The molecule has 1 N–H and O–H groups in total. The van der Waals surface area contributed by atoms with Crippen LogP contribution in [-0.2, 0) is 6.18 Å². The molecule has 2 aromatic carbocycles. The Kier molecular flexibility index (Phi) is 4.73. The number of aromatic nitrogens is 2. The molecular weight excluding hydrogens is 367 g/mol. The number of nitrogens with zero attached hydrogens (tertiary/aromatic N) is 2. The monoisotopic (exact) mass is 379 g/mol. The van der Waals surface area contributed by atoms with Crippen molar-refractivity contribution in [3.05, 3.63) is 76.4 Å². The molecule has 0 radical (unpaired) electrons. The van der Waals surface area contributed by atoms with E-state index in [0.29, 0.717) is 10.6 Å². The molecule has 0 aliphatic rings. The van der Waals surface area contributed by atoms with Gasteiger partial charge in [0.15, 0.2) is 5.82 Å². The van der Waals surface area contributed by atoms with E-state index in [1.807, 2.05) is 0 Å². The summed E-state index contributed by atoms with van der Waals surface area (Å²) in [7, 11) is 0. The summed E-state index contributed by atoms with van der Waals surface area (Å²) < 4.78 is 39.7. The van der Waals surface area contributed by atoms with Gasteiger partial charge < -0.3 is 5.32 Å². The molecule has 0 unspecified atom stereocenters. The average Bonchev–Trinajstić information content (AvgIpc) is 3.05.